The van der Waals surface area contributed by atoms with Crippen LogP contribution in [0.1, 0.15) is 29.1 Å². The molecule has 0 radical (unpaired) electrons. The van der Waals surface area contributed by atoms with Crippen LogP contribution < -0.4 is 10.6 Å². The van der Waals surface area contributed by atoms with Crippen LogP contribution in [-0.4, -0.2) is 23.3 Å². The van der Waals surface area contributed by atoms with E-state index in [0.29, 0.717) is 4.67 Å². The standard InChI is InChI=1S/C14H14BrN3O3/c1-9(10-4-6-16-7-5-10)18-13(19)8-17-14(20)11-2-3-12(15)21-11/h2-7,9H,8H2,1H3,(H,17,20)(H,18,19). The van der Waals surface area contributed by atoms with Gasteiger partial charge in [0.05, 0.1) is 12.6 Å². The second kappa shape index (κ2) is 7.03. The van der Waals surface area contributed by atoms with Crippen LogP contribution in [0, 0.1) is 0 Å². The minimum Gasteiger partial charge on any atom is -0.444 e. The number of pyridine rings is 1. The van der Waals surface area contributed by atoms with Gasteiger partial charge in [-0.2, -0.15) is 0 Å². The molecule has 0 fully saturated rings. The van der Waals surface area contributed by atoms with Crippen molar-refractivity contribution in [3.8, 4) is 0 Å². The summed E-state index contributed by atoms with van der Waals surface area (Å²) in [5.74, 6) is -0.567. The molecule has 2 aromatic heterocycles. The van der Waals surface area contributed by atoms with Crippen molar-refractivity contribution in [3.63, 3.8) is 0 Å². The second-order valence-electron chi connectivity index (χ2n) is 4.36. The maximum absolute atomic E-state index is 11.8. The lowest BCUT2D eigenvalue weighted by atomic mass is 10.1. The Kier molecular flexibility index (Phi) is 5.10. The Morgan fingerprint density at radius 1 is 1.29 bits per heavy atom. The van der Waals surface area contributed by atoms with Crippen molar-refractivity contribution in [2.75, 3.05) is 6.54 Å². The molecule has 0 aliphatic rings. The minimum absolute atomic E-state index is 0.118. The molecule has 0 aliphatic carbocycles. The van der Waals surface area contributed by atoms with E-state index in [4.69, 9.17) is 4.42 Å². The highest BCUT2D eigenvalue weighted by Gasteiger charge is 2.13. The summed E-state index contributed by atoms with van der Waals surface area (Å²) in [5, 5.41) is 5.28. The van der Waals surface area contributed by atoms with Crippen LogP contribution in [0.15, 0.2) is 45.7 Å². The van der Waals surface area contributed by atoms with Crippen molar-refractivity contribution in [1.29, 1.82) is 0 Å². The van der Waals surface area contributed by atoms with Crippen molar-refractivity contribution in [2.24, 2.45) is 0 Å². The van der Waals surface area contributed by atoms with Crippen molar-refractivity contribution >= 4 is 27.7 Å². The minimum atomic E-state index is -0.438. The summed E-state index contributed by atoms with van der Waals surface area (Å²) >= 11 is 3.11. The smallest absolute Gasteiger partial charge is 0.287 e. The Morgan fingerprint density at radius 3 is 2.62 bits per heavy atom. The highest BCUT2D eigenvalue weighted by molar-refractivity contribution is 9.10. The van der Waals surface area contributed by atoms with Gasteiger partial charge in [0.15, 0.2) is 10.4 Å². The van der Waals surface area contributed by atoms with Gasteiger partial charge in [-0.3, -0.25) is 14.6 Å². The summed E-state index contributed by atoms with van der Waals surface area (Å²) in [4.78, 5) is 27.4. The van der Waals surface area contributed by atoms with Crippen molar-refractivity contribution in [2.45, 2.75) is 13.0 Å². The highest BCUT2D eigenvalue weighted by atomic mass is 79.9. The Morgan fingerprint density at radius 2 is 2.00 bits per heavy atom. The van der Waals surface area contributed by atoms with Crippen molar-refractivity contribution in [3.05, 3.63) is 52.7 Å². The van der Waals surface area contributed by atoms with E-state index in [1.807, 2.05) is 19.1 Å². The third-order valence-electron chi connectivity index (χ3n) is 2.79. The molecule has 0 bridgehead atoms. The van der Waals surface area contributed by atoms with Gasteiger partial charge in [0.25, 0.3) is 5.91 Å². The number of rotatable bonds is 5. The zero-order chi connectivity index (χ0) is 15.2. The number of halogens is 1. The molecule has 110 valence electrons. The third-order valence-corrected chi connectivity index (χ3v) is 3.22. The lowest BCUT2D eigenvalue weighted by Gasteiger charge is -2.14. The lowest BCUT2D eigenvalue weighted by Crippen LogP contribution is -2.37. The first-order chi connectivity index (χ1) is 10.1. The molecule has 6 nitrogen and oxygen atoms in total. The van der Waals surface area contributed by atoms with E-state index in [1.54, 1.807) is 18.5 Å². The zero-order valence-corrected chi connectivity index (χ0v) is 12.9. The molecule has 0 saturated carbocycles. The molecule has 0 aromatic carbocycles. The fourth-order valence-corrected chi connectivity index (χ4v) is 2.02. The number of amides is 2. The average molecular weight is 352 g/mol. The topological polar surface area (TPSA) is 84.2 Å². The summed E-state index contributed by atoms with van der Waals surface area (Å²) in [6.07, 6.45) is 3.32. The molecule has 1 atom stereocenters. The largest absolute Gasteiger partial charge is 0.444 e. The van der Waals surface area contributed by atoms with Crippen molar-refractivity contribution in [1.82, 2.24) is 15.6 Å². The van der Waals surface area contributed by atoms with Gasteiger partial charge in [0, 0.05) is 12.4 Å². The molecule has 0 saturated heterocycles. The van der Waals surface area contributed by atoms with E-state index in [2.05, 4.69) is 31.5 Å². The first-order valence-corrected chi connectivity index (χ1v) is 7.08. The summed E-state index contributed by atoms with van der Waals surface area (Å²) in [5.41, 5.74) is 0.944. The van der Waals surface area contributed by atoms with Crippen LogP contribution in [-0.2, 0) is 4.79 Å². The fraction of sp³-hybridized carbons (Fsp3) is 0.214. The van der Waals surface area contributed by atoms with Gasteiger partial charge in [0.1, 0.15) is 0 Å². The van der Waals surface area contributed by atoms with Crippen LogP contribution >= 0.6 is 15.9 Å². The van der Waals surface area contributed by atoms with E-state index < -0.39 is 5.91 Å². The van der Waals surface area contributed by atoms with Crippen LogP contribution in [0.2, 0.25) is 0 Å². The van der Waals surface area contributed by atoms with Crippen LogP contribution in [0.25, 0.3) is 0 Å². The zero-order valence-electron chi connectivity index (χ0n) is 11.3. The first kappa shape index (κ1) is 15.2. The summed E-state index contributed by atoms with van der Waals surface area (Å²) in [7, 11) is 0. The molecule has 2 N–H and O–H groups in total. The number of carbonyl (C=O) groups is 2. The van der Waals surface area contributed by atoms with E-state index in [0.717, 1.165) is 5.56 Å². The number of carbonyl (C=O) groups excluding carboxylic acids is 2. The molecule has 0 aliphatic heterocycles. The Balaban J connectivity index is 1.81. The molecule has 2 rings (SSSR count). The predicted octanol–water partition coefficient (Wildman–Crippen LogP) is 2.04. The molecule has 7 heteroatoms. The van der Waals surface area contributed by atoms with Crippen LogP contribution in [0.3, 0.4) is 0 Å². The van der Waals surface area contributed by atoms with Gasteiger partial charge in [-0.1, -0.05) is 0 Å². The Bertz CT molecular complexity index is 627. The quantitative estimate of drug-likeness (QED) is 0.863. The van der Waals surface area contributed by atoms with Gasteiger partial charge in [0.2, 0.25) is 5.91 Å². The third kappa shape index (κ3) is 4.42. The van der Waals surface area contributed by atoms with Gasteiger partial charge in [-0.15, -0.1) is 0 Å². The molecule has 2 aromatic rings. The summed E-state index contributed by atoms with van der Waals surface area (Å²) < 4.78 is 5.56. The summed E-state index contributed by atoms with van der Waals surface area (Å²) in [6.45, 7) is 1.74. The molecular weight excluding hydrogens is 338 g/mol. The molecule has 2 heterocycles. The predicted molar refractivity (Wildman–Crippen MR) is 79.5 cm³/mol. The normalized spacial score (nSPS) is 11.7. The van der Waals surface area contributed by atoms with E-state index in [-0.39, 0.29) is 24.3 Å². The van der Waals surface area contributed by atoms with Crippen molar-refractivity contribution < 1.29 is 14.0 Å². The SMILES string of the molecule is CC(NC(=O)CNC(=O)c1ccc(Br)o1)c1ccncc1. The molecule has 2 amide bonds. The molecular formula is C14H14BrN3O3. The number of hydrogen-bond donors (Lipinski definition) is 2. The van der Waals surface area contributed by atoms with Gasteiger partial charge >= 0.3 is 0 Å². The monoisotopic (exact) mass is 351 g/mol. The van der Waals surface area contributed by atoms with Crippen LogP contribution in [0.4, 0.5) is 0 Å². The molecule has 1 unspecified atom stereocenters. The Hall–Kier alpha value is -2.15. The second-order valence-corrected chi connectivity index (χ2v) is 5.14. The number of nitrogens with one attached hydrogen (secondary N) is 2. The maximum atomic E-state index is 11.8. The fourth-order valence-electron chi connectivity index (χ4n) is 1.71. The molecule has 0 spiro atoms. The molecule has 21 heavy (non-hydrogen) atoms. The van der Waals surface area contributed by atoms with E-state index in [1.165, 1.54) is 6.07 Å². The average Bonchev–Trinajstić information content (AvgIpc) is 2.92. The van der Waals surface area contributed by atoms with Gasteiger partial charge < -0.3 is 15.1 Å². The Labute approximate surface area is 130 Å². The number of furan rings is 1. The maximum Gasteiger partial charge on any atom is 0.287 e. The van der Waals surface area contributed by atoms with E-state index >= 15 is 0 Å². The van der Waals surface area contributed by atoms with Crippen LogP contribution in [0.5, 0.6) is 0 Å². The first-order valence-electron chi connectivity index (χ1n) is 6.29. The van der Waals surface area contributed by atoms with E-state index in [9.17, 15) is 9.59 Å². The van der Waals surface area contributed by atoms with Gasteiger partial charge in [-0.05, 0) is 52.7 Å². The van der Waals surface area contributed by atoms with Gasteiger partial charge in [-0.25, -0.2) is 0 Å². The lowest BCUT2D eigenvalue weighted by molar-refractivity contribution is -0.120. The number of hydrogen-bond acceptors (Lipinski definition) is 4. The number of aromatic nitrogens is 1. The summed E-state index contributed by atoms with van der Waals surface area (Å²) in [6, 6.07) is 6.63. The number of nitrogens with zero attached hydrogens (tertiary/aromatic N) is 1. The highest BCUT2D eigenvalue weighted by Crippen LogP contribution is 2.13.